The first kappa shape index (κ1) is 14.5. The smallest absolute Gasteiger partial charge is 0.237 e. The van der Waals surface area contributed by atoms with Crippen LogP contribution < -0.4 is 10.6 Å². The molecule has 1 saturated heterocycles. The number of carbonyl (C=O) groups is 2. The van der Waals surface area contributed by atoms with E-state index in [1.165, 1.54) is 6.92 Å². The van der Waals surface area contributed by atoms with Gasteiger partial charge in [-0.25, -0.2) is 0 Å². The highest BCUT2D eigenvalue weighted by molar-refractivity contribution is 8.13. The summed E-state index contributed by atoms with van der Waals surface area (Å²) >= 11 is 1.12. The Morgan fingerprint density at radius 1 is 1.59 bits per heavy atom. The van der Waals surface area contributed by atoms with E-state index in [0.29, 0.717) is 5.75 Å². The van der Waals surface area contributed by atoms with E-state index < -0.39 is 12.1 Å². The van der Waals surface area contributed by atoms with Crippen LogP contribution in [0, 0.1) is 0 Å². The molecular formula is C11H20N2O3S. The molecule has 5 nitrogen and oxygen atoms in total. The SMILES string of the molecule is CCSC(=O)[C@@H](NC(=O)[C@@H]1CCCN1)[C@@H](C)O. The zero-order valence-corrected chi connectivity index (χ0v) is 11.0. The highest BCUT2D eigenvalue weighted by atomic mass is 32.2. The fourth-order valence-corrected chi connectivity index (χ4v) is 2.49. The summed E-state index contributed by atoms with van der Waals surface area (Å²) in [5.74, 6) is 0.443. The van der Waals surface area contributed by atoms with Crippen molar-refractivity contribution in [3.63, 3.8) is 0 Å². The molecule has 6 heteroatoms. The van der Waals surface area contributed by atoms with Gasteiger partial charge in [0.1, 0.15) is 6.04 Å². The van der Waals surface area contributed by atoms with E-state index >= 15 is 0 Å². The van der Waals surface area contributed by atoms with E-state index in [-0.39, 0.29) is 17.1 Å². The molecule has 0 saturated carbocycles. The van der Waals surface area contributed by atoms with Crippen molar-refractivity contribution in [2.24, 2.45) is 0 Å². The fourth-order valence-electron chi connectivity index (χ4n) is 1.77. The Balaban J connectivity index is 2.53. The second kappa shape index (κ2) is 6.98. The third-order valence-electron chi connectivity index (χ3n) is 2.70. The van der Waals surface area contributed by atoms with Crippen LogP contribution >= 0.6 is 11.8 Å². The lowest BCUT2D eigenvalue weighted by atomic mass is 10.1. The zero-order valence-electron chi connectivity index (χ0n) is 10.2. The summed E-state index contributed by atoms with van der Waals surface area (Å²) in [7, 11) is 0. The summed E-state index contributed by atoms with van der Waals surface area (Å²) in [6.07, 6.45) is 0.884. The van der Waals surface area contributed by atoms with Crippen LogP contribution in [0.5, 0.6) is 0 Å². The summed E-state index contributed by atoms with van der Waals surface area (Å²) in [4.78, 5) is 23.5. The highest BCUT2D eigenvalue weighted by Gasteiger charge is 2.29. The second-order valence-electron chi connectivity index (χ2n) is 4.13. The molecule has 0 bridgehead atoms. The number of aliphatic hydroxyl groups is 1. The number of nitrogens with one attached hydrogen (secondary N) is 2. The van der Waals surface area contributed by atoms with E-state index in [4.69, 9.17) is 0 Å². The van der Waals surface area contributed by atoms with Crippen LogP contribution in [0.2, 0.25) is 0 Å². The molecule has 1 heterocycles. The van der Waals surface area contributed by atoms with E-state index in [9.17, 15) is 14.7 Å². The van der Waals surface area contributed by atoms with Gasteiger partial charge >= 0.3 is 0 Å². The Morgan fingerprint density at radius 3 is 2.76 bits per heavy atom. The Bertz CT molecular complexity index is 278. The Labute approximate surface area is 106 Å². The minimum Gasteiger partial charge on any atom is -0.391 e. The molecule has 0 unspecified atom stereocenters. The van der Waals surface area contributed by atoms with Crippen molar-refractivity contribution in [1.82, 2.24) is 10.6 Å². The van der Waals surface area contributed by atoms with Crippen molar-refractivity contribution in [2.75, 3.05) is 12.3 Å². The molecule has 0 spiro atoms. The number of hydrogen-bond donors (Lipinski definition) is 3. The maximum Gasteiger partial charge on any atom is 0.237 e. The Morgan fingerprint density at radius 2 is 2.29 bits per heavy atom. The van der Waals surface area contributed by atoms with Crippen molar-refractivity contribution < 1.29 is 14.7 Å². The van der Waals surface area contributed by atoms with Gasteiger partial charge in [0, 0.05) is 0 Å². The molecule has 1 rings (SSSR count). The largest absolute Gasteiger partial charge is 0.391 e. The number of hydrogen-bond acceptors (Lipinski definition) is 5. The van der Waals surface area contributed by atoms with Gasteiger partial charge in [0.05, 0.1) is 12.1 Å². The maximum absolute atomic E-state index is 11.8. The average Bonchev–Trinajstić information content (AvgIpc) is 2.78. The summed E-state index contributed by atoms with van der Waals surface area (Å²) < 4.78 is 0. The molecule has 3 atom stereocenters. The Kier molecular flexibility index (Phi) is 5.94. The predicted molar refractivity (Wildman–Crippen MR) is 67.8 cm³/mol. The zero-order chi connectivity index (χ0) is 12.8. The normalized spacial score (nSPS) is 23.1. The predicted octanol–water partition coefficient (Wildman–Crippen LogP) is -0.116. The van der Waals surface area contributed by atoms with Crippen LogP contribution in [0.15, 0.2) is 0 Å². The minimum atomic E-state index is -0.869. The van der Waals surface area contributed by atoms with Gasteiger partial charge in [0.15, 0.2) is 0 Å². The van der Waals surface area contributed by atoms with Gasteiger partial charge in [-0.1, -0.05) is 18.7 Å². The lowest BCUT2D eigenvalue weighted by Crippen LogP contribution is -2.51. The minimum absolute atomic E-state index is 0.186. The number of thioether (sulfide) groups is 1. The van der Waals surface area contributed by atoms with Gasteiger partial charge in [0.25, 0.3) is 0 Å². The lowest BCUT2D eigenvalue weighted by molar-refractivity contribution is -0.127. The number of aliphatic hydroxyl groups excluding tert-OH is 1. The second-order valence-corrected chi connectivity index (χ2v) is 5.40. The van der Waals surface area contributed by atoms with Gasteiger partial charge in [-0.05, 0) is 32.1 Å². The molecule has 0 aromatic carbocycles. The molecule has 0 aromatic heterocycles. The van der Waals surface area contributed by atoms with Crippen molar-refractivity contribution in [1.29, 1.82) is 0 Å². The molecular weight excluding hydrogens is 240 g/mol. The van der Waals surface area contributed by atoms with Crippen LogP contribution in [-0.4, -0.2) is 46.6 Å². The van der Waals surface area contributed by atoms with Gasteiger partial charge in [-0.2, -0.15) is 0 Å². The standard InChI is InChI=1S/C11H20N2O3S/c1-3-17-11(16)9(7(2)14)13-10(15)8-5-4-6-12-8/h7-9,12,14H,3-6H2,1-2H3,(H,13,15)/t7-,8+,9+/m1/s1. The van der Waals surface area contributed by atoms with Gasteiger partial charge in [-0.15, -0.1) is 0 Å². The molecule has 1 aliphatic rings. The van der Waals surface area contributed by atoms with Crippen molar-refractivity contribution >= 4 is 22.8 Å². The fraction of sp³-hybridized carbons (Fsp3) is 0.818. The van der Waals surface area contributed by atoms with Crippen molar-refractivity contribution in [2.45, 2.75) is 44.9 Å². The number of rotatable bonds is 5. The van der Waals surface area contributed by atoms with Crippen molar-refractivity contribution in [3.05, 3.63) is 0 Å². The van der Waals surface area contributed by atoms with Crippen LogP contribution in [0.3, 0.4) is 0 Å². The highest BCUT2D eigenvalue weighted by Crippen LogP contribution is 2.10. The third-order valence-corrected chi connectivity index (χ3v) is 3.52. The number of carbonyl (C=O) groups excluding carboxylic acids is 2. The quantitative estimate of drug-likeness (QED) is 0.642. The van der Waals surface area contributed by atoms with E-state index in [1.54, 1.807) is 0 Å². The average molecular weight is 260 g/mol. The molecule has 0 aromatic rings. The number of amides is 1. The summed E-state index contributed by atoms with van der Waals surface area (Å²) in [6.45, 7) is 4.21. The molecule has 1 aliphatic heterocycles. The van der Waals surface area contributed by atoms with E-state index in [0.717, 1.165) is 31.1 Å². The summed E-state index contributed by atoms with van der Waals surface area (Å²) in [5, 5.41) is 15.0. The van der Waals surface area contributed by atoms with Crippen LogP contribution in [0.25, 0.3) is 0 Å². The monoisotopic (exact) mass is 260 g/mol. The van der Waals surface area contributed by atoms with Gasteiger partial charge in [-0.3, -0.25) is 9.59 Å². The molecule has 1 amide bonds. The molecule has 0 aliphatic carbocycles. The topological polar surface area (TPSA) is 78.4 Å². The molecule has 3 N–H and O–H groups in total. The van der Waals surface area contributed by atoms with Crippen molar-refractivity contribution in [3.8, 4) is 0 Å². The first-order chi connectivity index (χ1) is 8.06. The summed E-state index contributed by atoms with van der Waals surface area (Å²) in [6, 6.07) is -1.04. The van der Waals surface area contributed by atoms with E-state index in [1.807, 2.05) is 6.92 Å². The lowest BCUT2D eigenvalue weighted by Gasteiger charge is -2.21. The third kappa shape index (κ3) is 4.29. The van der Waals surface area contributed by atoms with Gasteiger partial charge in [0.2, 0.25) is 11.0 Å². The summed E-state index contributed by atoms with van der Waals surface area (Å²) in [5.41, 5.74) is 0. The molecule has 98 valence electrons. The van der Waals surface area contributed by atoms with Crippen LogP contribution in [-0.2, 0) is 9.59 Å². The van der Waals surface area contributed by atoms with Crippen LogP contribution in [0.1, 0.15) is 26.7 Å². The van der Waals surface area contributed by atoms with Gasteiger partial charge < -0.3 is 15.7 Å². The first-order valence-electron chi connectivity index (χ1n) is 5.94. The maximum atomic E-state index is 11.8. The molecule has 0 radical (unpaired) electrons. The van der Waals surface area contributed by atoms with Crippen LogP contribution in [0.4, 0.5) is 0 Å². The van der Waals surface area contributed by atoms with E-state index in [2.05, 4.69) is 10.6 Å². The Hall–Kier alpha value is -0.590. The molecule has 17 heavy (non-hydrogen) atoms. The first-order valence-corrected chi connectivity index (χ1v) is 6.93. The molecule has 1 fully saturated rings.